The molecule has 0 bridgehead atoms. The summed E-state index contributed by atoms with van der Waals surface area (Å²) >= 11 is 0. The largest absolute Gasteiger partial charge is 0.349 e. The standard InChI is InChI=1S/C25H33N3O3/c1-17(2)19-11-13-20(14-12-19)18(3)26-23(29)16-28-15-7-10-22(25(28)31)24(30)27-21-8-5-4-6-9-21/h7,10-15,17-18,21H,4-6,8-9,16H2,1-3H3,(H,26,29)(H,27,30)/t18-/m1/s1. The van der Waals surface area contributed by atoms with E-state index in [4.69, 9.17) is 0 Å². The molecule has 0 saturated heterocycles. The van der Waals surface area contributed by atoms with Crippen LogP contribution in [0.4, 0.5) is 0 Å². The van der Waals surface area contributed by atoms with Crippen molar-refractivity contribution >= 4 is 11.8 Å². The summed E-state index contributed by atoms with van der Waals surface area (Å²) in [5, 5.41) is 5.91. The average Bonchev–Trinajstić information content (AvgIpc) is 2.75. The Kier molecular flexibility index (Phi) is 7.66. The predicted molar refractivity (Wildman–Crippen MR) is 122 cm³/mol. The molecule has 2 amide bonds. The minimum atomic E-state index is -0.445. The van der Waals surface area contributed by atoms with Gasteiger partial charge in [-0.1, -0.05) is 57.4 Å². The summed E-state index contributed by atoms with van der Waals surface area (Å²) in [6.07, 6.45) is 6.84. The Morgan fingerprint density at radius 1 is 1.00 bits per heavy atom. The summed E-state index contributed by atoms with van der Waals surface area (Å²) in [5.41, 5.74) is 1.89. The van der Waals surface area contributed by atoms with Gasteiger partial charge in [-0.05, 0) is 48.9 Å². The van der Waals surface area contributed by atoms with Gasteiger partial charge in [0.15, 0.2) is 0 Å². The first-order valence-electron chi connectivity index (χ1n) is 11.2. The molecule has 1 atom stereocenters. The Morgan fingerprint density at radius 2 is 1.65 bits per heavy atom. The number of rotatable bonds is 7. The molecule has 166 valence electrons. The van der Waals surface area contributed by atoms with Crippen LogP contribution in [0.15, 0.2) is 47.4 Å². The van der Waals surface area contributed by atoms with Crippen molar-refractivity contribution < 1.29 is 9.59 Å². The Labute approximate surface area is 184 Å². The summed E-state index contributed by atoms with van der Waals surface area (Å²) in [5.74, 6) is -0.175. The van der Waals surface area contributed by atoms with Crippen molar-refractivity contribution in [3.63, 3.8) is 0 Å². The maximum atomic E-state index is 12.8. The van der Waals surface area contributed by atoms with E-state index in [9.17, 15) is 14.4 Å². The molecule has 0 unspecified atom stereocenters. The highest BCUT2D eigenvalue weighted by Gasteiger charge is 2.20. The van der Waals surface area contributed by atoms with Crippen LogP contribution in [0.5, 0.6) is 0 Å². The molecule has 1 saturated carbocycles. The number of amides is 2. The van der Waals surface area contributed by atoms with E-state index in [0.29, 0.717) is 5.92 Å². The van der Waals surface area contributed by atoms with Gasteiger partial charge in [0.1, 0.15) is 12.1 Å². The van der Waals surface area contributed by atoms with Gasteiger partial charge in [-0.15, -0.1) is 0 Å². The van der Waals surface area contributed by atoms with Crippen LogP contribution in [-0.2, 0) is 11.3 Å². The monoisotopic (exact) mass is 423 g/mol. The van der Waals surface area contributed by atoms with Crippen molar-refractivity contribution in [3.8, 4) is 0 Å². The van der Waals surface area contributed by atoms with Crippen LogP contribution in [0.25, 0.3) is 0 Å². The number of nitrogens with one attached hydrogen (secondary N) is 2. The van der Waals surface area contributed by atoms with E-state index < -0.39 is 5.56 Å². The summed E-state index contributed by atoms with van der Waals surface area (Å²) in [6.45, 7) is 6.07. The van der Waals surface area contributed by atoms with Gasteiger partial charge in [0.25, 0.3) is 11.5 Å². The van der Waals surface area contributed by atoms with E-state index in [1.165, 1.54) is 22.6 Å². The lowest BCUT2D eigenvalue weighted by atomic mass is 9.95. The van der Waals surface area contributed by atoms with Crippen molar-refractivity contribution in [2.45, 2.75) is 77.4 Å². The van der Waals surface area contributed by atoms with E-state index in [-0.39, 0.29) is 36.0 Å². The van der Waals surface area contributed by atoms with Crippen molar-refractivity contribution in [2.75, 3.05) is 0 Å². The lowest BCUT2D eigenvalue weighted by Gasteiger charge is -2.22. The van der Waals surface area contributed by atoms with Gasteiger partial charge >= 0.3 is 0 Å². The molecule has 2 N–H and O–H groups in total. The molecule has 6 nitrogen and oxygen atoms in total. The highest BCUT2D eigenvalue weighted by Crippen LogP contribution is 2.19. The normalized spacial score (nSPS) is 15.5. The Bertz CT molecular complexity index is 957. The number of hydrogen-bond acceptors (Lipinski definition) is 3. The lowest BCUT2D eigenvalue weighted by molar-refractivity contribution is -0.122. The SMILES string of the molecule is CC(C)c1ccc([C@@H](C)NC(=O)Cn2cccc(C(=O)NC3CCCCC3)c2=O)cc1. The van der Waals surface area contributed by atoms with E-state index in [1.807, 2.05) is 19.1 Å². The molecule has 6 heteroatoms. The quantitative estimate of drug-likeness (QED) is 0.709. The molecule has 2 aromatic rings. The zero-order valence-corrected chi connectivity index (χ0v) is 18.7. The van der Waals surface area contributed by atoms with Crippen LogP contribution in [0.1, 0.15) is 86.3 Å². The van der Waals surface area contributed by atoms with Crippen LogP contribution in [0.3, 0.4) is 0 Å². The Morgan fingerprint density at radius 3 is 2.29 bits per heavy atom. The lowest BCUT2D eigenvalue weighted by Crippen LogP contribution is -2.41. The predicted octanol–water partition coefficient (Wildman–Crippen LogP) is 3.91. The highest BCUT2D eigenvalue weighted by atomic mass is 16.2. The number of carbonyl (C=O) groups excluding carboxylic acids is 2. The fourth-order valence-electron chi connectivity index (χ4n) is 4.04. The molecule has 1 aromatic carbocycles. The van der Waals surface area contributed by atoms with E-state index in [1.54, 1.807) is 12.3 Å². The highest BCUT2D eigenvalue weighted by molar-refractivity contribution is 5.94. The Balaban J connectivity index is 1.62. The van der Waals surface area contributed by atoms with Gasteiger partial charge in [-0.25, -0.2) is 0 Å². The molecule has 1 aliphatic rings. The fraction of sp³-hybridized carbons (Fsp3) is 0.480. The van der Waals surface area contributed by atoms with Gasteiger partial charge in [0.05, 0.1) is 6.04 Å². The minimum Gasteiger partial charge on any atom is -0.349 e. The number of aromatic nitrogens is 1. The number of pyridine rings is 1. The molecule has 0 spiro atoms. The fourth-order valence-corrected chi connectivity index (χ4v) is 4.04. The third-order valence-electron chi connectivity index (χ3n) is 6.00. The maximum absolute atomic E-state index is 12.8. The van der Waals surface area contributed by atoms with Gasteiger partial charge in [-0.2, -0.15) is 0 Å². The van der Waals surface area contributed by atoms with E-state index >= 15 is 0 Å². The van der Waals surface area contributed by atoms with Crippen molar-refractivity contribution in [1.29, 1.82) is 0 Å². The zero-order chi connectivity index (χ0) is 22.4. The third kappa shape index (κ3) is 6.06. The average molecular weight is 424 g/mol. The van der Waals surface area contributed by atoms with Gasteiger partial charge in [-0.3, -0.25) is 14.4 Å². The van der Waals surface area contributed by atoms with Crippen LogP contribution in [-0.4, -0.2) is 22.4 Å². The summed E-state index contributed by atoms with van der Waals surface area (Å²) in [6, 6.07) is 11.3. The molecule has 0 aliphatic heterocycles. The van der Waals surface area contributed by atoms with E-state index in [2.05, 4.69) is 36.6 Å². The second-order valence-electron chi connectivity index (χ2n) is 8.77. The first-order chi connectivity index (χ1) is 14.8. The van der Waals surface area contributed by atoms with Crippen LogP contribution in [0.2, 0.25) is 0 Å². The molecular weight excluding hydrogens is 390 g/mol. The summed E-state index contributed by atoms with van der Waals surface area (Å²) < 4.78 is 1.29. The van der Waals surface area contributed by atoms with Gasteiger partial charge in [0.2, 0.25) is 5.91 Å². The molecule has 1 heterocycles. The van der Waals surface area contributed by atoms with Gasteiger partial charge < -0.3 is 15.2 Å². The van der Waals surface area contributed by atoms with Crippen molar-refractivity contribution in [1.82, 2.24) is 15.2 Å². The molecule has 31 heavy (non-hydrogen) atoms. The van der Waals surface area contributed by atoms with Crippen LogP contribution in [0, 0.1) is 0 Å². The van der Waals surface area contributed by atoms with Crippen LogP contribution >= 0.6 is 0 Å². The third-order valence-corrected chi connectivity index (χ3v) is 6.00. The molecule has 1 aromatic heterocycles. The first kappa shape index (κ1) is 22.8. The number of nitrogens with zero attached hydrogens (tertiary/aromatic N) is 1. The molecule has 3 rings (SSSR count). The van der Waals surface area contributed by atoms with Crippen molar-refractivity contribution in [3.05, 3.63) is 69.6 Å². The molecule has 0 radical (unpaired) electrons. The number of benzene rings is 1. The number of carbonyl (C=O) groups is 2. The van der Waals surface area contributed by atoms with Gasteiger partial charge in [0, 0.05) is 12.2 Å². The van der Waals surface area contributed by atoms with Crippen molar-refractivity contribution in [2.24, 2.45) is 0 Å². The summed E-state index contributed by atoms with van der Waals surface area (Å²) in [7, 11) is 0. The molecule has 1 fully saturated rings. The number of hydrogen-bond donors (Lipinski definition) is 2. The second-order valence-corrected chi connectivity index (χ2v) is 8.77. The topological polar surface area (TPSA) is 80.2 Å². The first-order valence-corrected chi connectivity index (χ1v) is 11.2. The molecular formula is C25H33N3O3. The smallest absolute Gasteiger partial charge is 0.263 e. The van der Waals surface area contributed by atoms with E-state index in [0.717, 1.165) is 31.2 Å². The zero-order valence-electron chi connectivity index (χ0n) is 18.7. The minimum absolute atomic E-state index is 0.0817. The maximum Gasteiger partial charge on any atom is 0.263 e. The second kappa shape index (κ2) is 10.4. The summed E-state index contributed by atoms with van der Waals surface area (Å²) in [4.78, 5) is 37.9. The molecule has 1 aliphatic carbocycles. The van der Waals surface area contributed by atoms with Crippen LogP contribution < -0.4 is 16.2 Å². The Hall–Kier alpha value is -2.89.